The van der Waals surface area contributed by atoms with Crippen LogP contribution < -0.4 is 4.74 Å². The minimum absolute atomic E-state index is 0.0126. The van der Waals surface area contributed by atoms with E-state index in [0.29, 0.717) is 0 Å². The van der Waals surface area contributed by atoms with Crippen molar-refractivity contribution >= 4 is 41.8 Å². The van der Waals surface area contributed by atoms with E-state index < -0.39 is 122 Å². The summed E-state index contributed by atoms with van der Waals surface area (Å²) in [4.78, 5) is 84.9. The maximum absolute atomic E-state index is 13.3. The normalized spacial score (nSPS) is 31.5. The molecule has 0 aromatic heterocycles. The van der Waals surface area contributed by atoms with Gasteiger partial charge in [0.1, 0.15) is 42.9 Å². The first-order valence-electron chi connectivity index (χ1n) is 16.2. The summed E-state index contributed by atoms with van der Waals surface area (Å²) in [7, 11) is 0. The van der Waals surface area contributed by atoms with Crippen LogP contribution in [0.1, 0.15) is 51.9 Å². The number of aliphatic hydroxyl groups is 2. The molecule has 19 heteroatoms. The Hall–Kier alpha value is -5.11. The molecule has 0 radical (unpaired) electrons. The first kappa shape index (κ1) is 40.7. The zero-order valence-corrected chi connectivity index (χ0v) is 29.5. The summed E-state index contributed by atoms with van der Waals surface area (Å²) in [5.74, 6) is -8.15. The van der Waals surface area contributed by atoms with Crippen molar-refractivity contribution in [1.82, 2.24) is 0 Å². The monoisotopic (exact) mass is 752 g/mol. The van der Waals surface area contributed by atoms with Gasteiger partial charge in [-0.2, -0.15) is 0 Å². The lowest BCUT2D eigenvalue weighted by molar-refractivity contribution is -0.350. The molecule has 1 saturated carbocycles. The van der Waals surface area contributed by atoms with Gasteiger partial charge in [-0.3, -0.25) is 28.8 Å². The molecule has 11 atom stereocenters. The Labute approximate surface area is 302 Å². The molecular weight excluding hydrogens is 712 g/mol. The third-order valence-corrected chi connectivity index (χ3v) is 8.32. The van der Waals surface area contributed by atoms with Crippen LogP contribution in [0.2, 0.25) is 0 Å². The van der Waals surface area contributed by atoms with Crippen LogP contribution in [0.3, 0.4) is 0 Å². The Morgan fingerprint density at radius 1 is 0.698 bits per heavy atom. The highest BCUT2D eigenvalue weighted by atomic mass is 16.8. The Balaban J connectivity index is 1.71. The van der Waals surface area contributed by atoms with Crippen molar-refractivity contribution in [2.45, 2.75) is 96.3 Å². The second-order valence-corrected chi connectivity index (χ2v) is 12.3. The van der Waals surface area contributed by atoms with Gasteiger partial charge in [0.2, 0.25) is 12.6 Å². The van der Waals surface area contributed by atoms with Gasteiger partial charge >= 0.3 is 41.8 Å². The highest BCUT2D eigenvalue weighted by molar-refractivity contribution is 5.89. The van der Waals surface area contributed by atoms with E-state index in [1.165, 1.54) is 37.3 Å². The smallest absolute Gasteiger partial charge is 0.338 e. The van der Waals surface area contributed by atoms with Crippen LogP contribution in [0.15, 0.2) is 36.6 Å². The molecule has 0 bridgehead atoms. The third-order valence-electron chi connectivity index (χ3n) is 8.32. The molecule has 290 valence electrons. The number of carbonyl (C=O) groups is 7. The Morgan fingerprint density at radius 2 is 1.28 bits per heavy atom. The first-order chi connectivity index (χ1) is 24.9. The Morgan fingerprint density at radius 3 is 1.85 bits per heavy atom. The highest BCUT2D eigenvalue weighted by Gasteiger charge is 2.66. The van der Waals surface area contributed by atoms with Crippen LogP contribution in [-0.2, 0) is 71.4 Å². The summed E-state index contributed by atoms with van der Waals surface area (Å²) < 4.78 is 55.0. The van der Waals surface area contributed by atoms with Crippen molar-refractivity contribution in [3.8, 4) is 5.75 Å². The van der Waals surface area contributed by atoms with Gasteiger partial charge in [0, 0.05) is 47.5 Å². The molecule has 1 aromatic carbocycles. The molecule has 11 unspecified atom stereocenters. The predicted molar refractivity (Wildman–Crippen MR) is 169 cm³/mol. The van der Waals surface area contributed by atoms with E-state index >= 15 is 0 Å². The second kappa shape index (κ2) is 17.1. The summed E-state index contributed by atoms with van der Waals surface area (Å²) in [6.07, 6.45) is -10.6. The lowest BCUT2D eigenvalue weighted by Gasteiger charge is -2.46. The first-order valence-corrected chi connectivity index (χ1v) is 16.2. The number of benzene rings is 1. The summed E-state index contributed by atoms with van der Waals surface area (Å²) in [5, 5.41) is 23.6. The van der Waals surface area contributed by atoms with Crippen molar-refractivity contribution in [3.05, 3.63) is 42.2 Å². The standard InChI is InChI=1S/C34H40O19/c1-15(35)45-13-24-27(48-18(4)38)28(49-19(5)39)29(50-20(6)40)33(51-24)53-32-25-23(11-12-44-32)26(30(41)34(25,43)14-46-16(2)36)52-31(42)21-7-9-22(10-8-21)47-17(3)37/h7-12,23-30,32-33,41,43H,13-14H2,1-6H3. The number of rotatable bonds is 12. The SMILES string of the molecule is CC(=O)OCC1OC(OC2OC=CC3C(OC(=O)c4ccc(OC(C)=O)cc4)C(O)C(O)(COC(C)=O)C23)C(OC(C)=O)C(OC(C)=O)C1OC(C)=O. The van der Waals surface area contributed by atoms with Crippen molar-refractivity contribution in [3.63, 3.8) is 0 Å². The Bertz CT molecular complexity index is 1590. The van der Waals surface area contributed by atoms with Gasteiger partial charge in [-0.15, -0.1) is 0 Å². The number of carbonyl (C=O) groups excluding carboxylic acids is 7. The van der Waals surface area contributed by atoms with Gasteiger partial charge in [-0.1, -0.05) is 0 Å². The predicted octanol–water partition coefficient (Wildman–Crippen LogP) is 0.00810. The molecule has 2 heterocycles. The van der Waals surface area contributed by atoms with E-state index in [4.69, 9.17) is 47.4 Å². The summed E-state index contributed by atoms with van der Waals surface area (Å²) >= 11 is 0. The van der Waals surface area contributed by atoms with Crippen LogP contribution in [0, 0.1) is 11.8 Å². The third kappa shape index (κ3) is 9.86. The highest BCUT2D eigenvalue weighted by Crippen LogP contribution is 2.49. The molecule has 0 amide bonds. The van der Waals surface area contributed by atoms with Crippen LogP contribution in [0.4, 0.5) is 0 Å². The van der Waals surface area contributed by atoms with E-state index in [0.717, 1.165) is 40.9 Å². The average Bonchev–Trinajstić information content (AvgIpc) is 3.27. The lowest BCUT2D eigenvalue weighted by atomic mass is 9.83. The maximum Gasteiger partial charge on any atom is 0.338 e. The quantitative estimate of drug-likeness (QED) is 0.162. The van der Waals surface area contributed by atoms with Gasteiger partial charge in [0.05, 0.1) is 17.7 Å². The van der Waals surface area contributed by atoms with Gasteiger partial charge in [-0.05, 0) is 30.3 Å². The largest absolute Gasteiger partial charge is 0.472 e. The lowest BCUT2D eigenvalue weighted by Crippen LogP contribution is -2.64. The fraction of sp³-hybridized carbons (Fsp3) is 0.559. The Kier molecular flexibility index (Phi) is 13.2. The molecule has 3 aliphatic rings. The molecule has 2 aliphatic heterocycles. The van der Waals surface area contributed by atoms with E-state index in [2.05, 4.69) is 0 Å². The van der Waals surface area contributed by atoms with Crippen LogP contribution >= 0.6 is 0 Å². The number of aliphatic hydroxyl groups excluding tert-OH is 1. The van der Waals surface area contributed by atoms with Crippen LogP contribution in [0.25, 0.3) is 0 Å². The maximum atomic E-state index is 13.3. The summed E-state index contributed by atoms with van der Waals surface area (Å²) in [6.45, 7) is 5.06. The molecular formula is C34H40O19. The topological polar surface area (TPSA) is 252 Å². The summed E-state index contributed by atoms with van der Waals surface area (Å²) in [6, 6.07) is 5.30. The number of ether oxygens (including phenoxy) is 10. The van der Waals surface area contributed by atoms with Crippen molar-refractivity contribution in [2.75, 3.05) is 13.2 Å². The van der Waals surface area contributed by atoms with E-state index in [1.54, 1.807) is 0 Å². The number of hydrogen-bond donors (Lipinski definition) is 2. The minimum atomic E-state index is -2.44. The molecule has 4 rings (SSSR count). The molecule has 1 saturated heterocycles. The van der Waals surface area contributed by atoms with E-state index in [1.807, 2.05) is 0 Å². The van der Waals surface area contributed by atoms with E-state index in [-0.39, 0.29) is 11.3 Å². The van der Waals surface area contributed by atoms with Crippen molar-refractivity contribution < 1.29 is 91.1 Å². The van der Waals surface area contributed by atoms with Gasteiger partial charge in [0.25, 0.3) is 0 Å². The molecule has 19 nitrogen and oxygen atoms in total. The minimum Gasteiger partial charge on any atom is -0.472 e. The molecule has 53 heavy (non-hydrogen) atoms. The number of fused-ring (bicyclic) bond motifs is 1. The summed E-state index contributed by atoms with van der Waals surface area (Å²) in [5.41, 5.74) is -2.45. The van der Waals surface area contributed by atoms with E-state index in [9.17, 15) is 43.8 Å². The number of esters is 7. The average molecular weight is 753 g/mol. The molecule has 2 fully saturated rings. The van der Waals surface area contributed by atoms with Gasteiger partial charge in [-0.25, -0.2) is 4.79 Å². The molecule has 1 aromatic rings. The van der Waals surface area contributed by atoms with Gasteiger partial charge in [0.15, 0.2) is 18.3 Å². The van der Waals surface area contributed by atoms with Crippen LogP contribution in [-0.4, -0.2) is 120 Å². The second-order valence-electron chi connectivity index (χ2n) is 12.3. The zero-order chi connectivity index (χ0) is 39.2. The molecule has 2 N–H and O–H groups in total. The fourth-order valence-electron chi connectivity index (χ4n) is 6.28. The molecule has 1 aliphatic carbocycles. The van der Waals surface area contributed by atoms with Crippen molar-refractivity contribution in [1.29, 1.82) is 0 Å². The van der Waals surface area contributed by atoms with Gasteiger partial charge < -0.3 is 57.6 Å². The fourth-order valence-corrected chi connectivity index (χ4v) is 6.28. The molecule has 0 spiro atoms. The zero-order valence-electron chi connectivity index (χ0n) is 29.5. The van der Waals surface area contributed by atoms with Crippen molar-refractivity contribution in [2.24, 2.45) is 11.8 Å². The van der Waals surface area contributed by atoms with Crippen LogP contribution in [0.5, 0.6) is 5.75 Å². The number of hydrogen-bond acceptors (Lipinski definition) is 19.